The summed E-state index contributed by atoms with van der Waals surface area (Å²) >= 11 is 0. The smallest absolute Gasteiger partial charge is 0.308 e. The normalized spacial score (nSPS) is 22.3. The first kappa shape index (κ1) is 24.2. The van der Waals surface area contributed by atoms with Crippen molar-refractivity contribution in [2.75, 3.05) is 0 Å². The summed E-state index contributed by atoms with van der Waals surface area (Å²) in [5.41, 5.74) is 0.544. The van der Waals surface area contributed by atoms with Gasteiger partial charge in [0.25, 0.3) is 0 Å². The number of rotatable bonds is 5. The fraction of sp³-hybridized carbons (Fsp3) is 0.417. The fourth-order valence-corrected chi connectivity index (χ4v) is 4.00. The number of hydrogen-bond acceptors (Lipinski definition) is 9. The van der Waals surface area contributed by atoms with E-state index in [9.17, 15) is 19.2 Å². The van der Waals surface area contributed by atoms with Crippen LogP contribution in [0.4, 0.5) is 0 Å². The Kier molecular flexibility index (Phi) is 7.33. The third kappa shape index (κ3) is 5.67. The van der Waals surface area contributed by atoms with E-state index in [-0.39, 0.29) is 12.2 Å². The monoisotopic (exact) mass is 458 g/mol. The second-order valence-electron chi connectivity index (χ2n) is 7.81. The van der Waals surface area contributed by atoms with Gasteiger partial charge in [0.1, 0.15) is 17.6 Å². The molecule has 1 aliphatic rings. The molecule has 0 amide bonds. The summed E-state index contributed by atoms with van der Waals surface area (Å²) < 4.78 is 27.7. The lowest BCUT2D eigenvalue weighted by atomic mass is 9.92. The minimum atomic E-state index is -0.782. The van der Waals surface area contributed by atoms with Crippen LogP contribution >= 0.6 is 0 Å². The number of hydrogen-bond donors (Lipinski definition) is 0. The standard InChI is InChI=1S/C24H26O9/c1-12-23(32-15(4)27)22(31-14(3)26)11-21(29-12)19-10-9-17-18(24(19)33-16(5)28)7-6-8-20(17)30-13(2)25/h6-10,12,21-23H,11H2,1-5H3/t12?,21-,22+,23-/m0/s1. The van der Waals surface area contributed by atoms with Crippen molar-refractivity contribution < 1.29 is 42.9 Å². The summed E-state index contributed by atoms with van der Waals surface area (Å²) in [7, 11) is 0. The summed E-state index contributed by atoms with van der Waals surface area (Å²) in [6, 6.07) is 8.51. The summed E-state index contributed by atoms with van der Waals surface area (Å²) in [5.74, 6) is -1.49. The Balaban J connectivity index is 2.07. The number of fused-ring (bicyclic) bond motifs is 1. The number of carbonyl (C=O) groups excluding carboxylic acids is 4. The summed E-state index contributed by atoms with van der Waals surface area (Å²) in [6.45, 7) is 6.83. The Bertz CT molecular complexity index is 1090. The summed E-state index contributed by atoms with van der Waals surface area (Å²) in [6.07, 6.45) is -2.60. The first-order valence-electron chi connectivity index (χ1n) is 10.5. The molecule has 0 radical (unpaired) electrons. The van der Waals surface area contributed by atoms with Gasteiger partial charge < -0.3 is 23.7 Å². The Morgan fingerprint density at radius 1 is 0.818 bits per heavy atom. The van der Waals surface area contributed by atoms with Gasteiger partial charge in [0.15, 0.2) is 6.10 Å². The van der Waals surface area contributed by atoms with E-state index in [0.717, 1.165) is 0 Å². The van der Waals surface area contributed by atoms with E-state index in [1.807, 2.05) is 0 Å². The fourth-order valence-electron chi connectivity index (χ4n) is 4.00. The van der Waals surface area contributed by atoms with Gasteiger partial charge >= 0.3 is 23.9 Å². The molecule has 1 aliphatic heterocycles. The molecular formula is C24H26O9. The van der Waals surface area contributed by atoms with Crippen LogP contribution in [0.5, 0.6) is 11.5 Å². The van der Waals surface area contributed by atoms with Crippen molar-refractivity contribution in [3.63, 3.8) is 0 Å². The van der Waals surface area contributed by atoms with Gasteiger partial charge in [-0.1, -0.05) is 18.2 Å². The van der Waals surface area contributed by atoms with E-state index in [1.165, 1.54) is 27.7 Å². The molecule has 2 aromatic carbocycles. The predicted octanol–water partition coefficient (Wildman–Crippen LogP) is 3.40. The molecule has 9 heteroatoms. The lowest BCUT2D eigenvalue weighted by Gasteiger charge is -2.39. The molecule has 0 aromatic heterocycles. The first-order valence-corrected chi connectivity index (χ1v) is 10.5. The number of benzene rings is 2. The van der Waals surface area contributed by atoms with E-state index in [2.05, 4.69) is 0 Å². The van der Waals surface area contributed by atoms with Gasteiger partial charge in [0, 0.05) is 50.5 Å². The van der Waals surface area contributed by atoms with E-state index < -0.39 is 48.3 Å². The van der Waals surface area contributed by atoms with Gasteiger partial charge in [-0.25, -0.2) is 0 Å². The molecule has 0 bridgehead atoms. The third-order valence-electron chi connectivity index (χ3n) is 5.12. The topological polar surface area (TPSA) is 114 Å². The van der Waals surface area contributed by atoms with Crippen LogP contribution in [0.1, 0.15) is 52.7 Å². The van der Waals surface area contributed by atoms with Crippen LogP contribution in [0.15, 0.2) is 30.3 Å². The van der Waals surface area contributed by atoms with Crippen molar-refractivity contribution in [3.8, 4) is 11.5 Å². The van der Waals surface area contributed by atoms with Crippen LogP contribution in [-0.2, 0) is 33.4 Å². The summed E-state index contributed by atoms with van der Waals surface area (Å²) in [5, 5.41) is 1.12. The van der Waals surface area contributed by atoms with Gasteiger partial charge in [0.05, 0.1) is 12.2 Å². The van der Waals surface area contributed by atoms with Gasteiger partial charge in [-0.2, -0.15) is 0 Å². The van der Waals surface area contributed by atoms with E-state index in [0.29, 0.717) is 22.1 Å². The SMILES string of the molecule is CC(=O)Oc1cccc2c(OC(C)=O)c([C@@H]3C[C@@H](OC(C)=O)[C@@H](OC(C)=O)C(C)O3)ccc12. The Labute approximate surface area is 190 Å². The average molecular weight is 458 g/mol. The van der Waals surface area contributed by atoms with Crippen molar-refractivity contribution in [1.29, 1.82) is 0 Å². The highest BCUT2D eigenvalue weighted by molar-refractivity contribution is 5.96. The third-order valence-corrected chi connectivity index (χ3v) is 5.12. The maximum absolute atomic E-state index is 11.9. The van der Waals surface area contributed by atoms with Crippen molar-refractivity contribution in [3.05, 3.63) is 35.9 Å². The molecule has 1 heterocycles. The van der Waals surface area contributed by atoms with Crippen LogP contribution in [0, 0.1) is 0 Å². The zero-order valence-electron chi connectivity index (χ0n) is 19.1. The van der Waals surface area contributed by atoms with Gasteiger partial charge in [-0.05, 0) is 19.1 Å². The molecule has 33 heavy (non-hydrogen) atoms. The molecule has 0 saturated carbocycles. The molecule has 1 fully saturated rings. The van der Waals surface area contributed by atoms with E-state index in [1.54, 1.807) is 37.3 Å². The highest BCUT2D eigenvalue weighted by atomic mass is 16.6. The second kappa shape index (κ2) is 9.99. The predicted molar refractivity (Wildman–Crippen MR) is 116 cm³/mol. The van der Waals surface area contributed by atoms with Crippen molar-refractivity contribution >= 4 is 34.6 Å². The lowest BCUT2D eigenvalue weighted by Crippen LogP contribution is -2.48. The number of ether oxygens (including phenoxy) is 5. The zero-order chi connectivity index (χ0) is 24.3. The Morgan fingerprint density at radius 2 is 1.48 bits per heavy atom. The minimum absolute atomic E-state index is 0.172. The van der Waals surface area contributed by atoms with E-state index >= 15 is 0 Å². The second-order valence-corrected chi connectivity index (χ2v) is 7.81. The van der Waals surface area contributed by atoms with Gasteiger partial charge in [-0.15, -0.1) is 0 Å². The lowest BCUT2D eigenvalue weighted by molar-refractivity contribution is -0.204. The number of carbonyl (C=O) groups is 4. The average Bonchev–Trinajstić information content (AvgIpc) is 2.69. The first-order chi connectivity index (χ1) is 15.6. The van der Waals surface area contributed by atoms with Crippen LogP contribution in [0.2, 0.25) is 0 Å². The molecule has 176 valence electrons. The highest BCUT2D eigenvalue weighted by Crippen LogP contribution is 2.43. The molecule has 9 nitrogen and oxygen atoms in total. The van der Waals surface area contributed by atoms with Crippen molar-refractivity contribution in [2.45, 2.75) is 65.5 Å². The molecule has 1 saturated heterocycles. The molecule has 3 rings (SSSR count). The Hall–Kier alpha value is -3.46. The highest BCUT2D eigenvalue weighted by Gasteiger charge is 2.42. The zero-order valence-corrected chi connectivity index (χ0v) is 19.1. The molecule has 1 unspecified atom stereocenters. The largest absolute Gasteiger partial charge is 0.458 e. The van der Waals surface area contributed by atoms with Crippen LogP contribution in [-0.4, -0.2) is 42.2 Å². The molecular weight excluding hydrogens is 432 g/mol. The maximum atomic E-state index is 11.9. The number of esters is 4. The van der Waals surface area contributed by atoms with Crippen molar-refractivity contribution in [1.82, 2.24) is 0 Å². The van der Waals surface area contributed by atoms with E-state index in [4.69, 9.17) is 23.7 Å². The molecule has 2 aromatic rings. The Morgan fingerprint density at radius 3 is 2.09 bits per heavy atom. The molecule has 0 N–H and O–H groups in total. The molecule has 0 aliphatic carbocycles. The maximum Gasteiger partial charge on any atom is 0.308 e. The van der Waals surface area contributed by atoms with Crippen molar-refractivity contribution in [2.24, 2.45) is 0 Å². The van der Waals surface area contributed by atoms with Crippen LogP contribution < -0.4 is 9.47 Å². The molecule has 4 atom stereocenters. The van der Waals surface area contributed by atoms with Crippen LogP contribution in [0.3, 0.4) is 0 Å². The summed E-state index contributed by atoms with van der Waals surface area (Å²) in [4.78, 5) is 46.7. The van der Waals surface area contributed by atoms with Gasteiger partial charge in [0.2, 0.25) is 0 Å². The quantitative estimate of drug-likeness (QED) is 0.491. The van der Waals surface area contributed by atoms with Crippen LogP contribution in [0.25, 0.3) is 10.8 Å². The molecule has 0 spiro atoms. The minimum Gasteiger partial charge on any atom is -0.458 e. The van der Waals surface area contributed by atoms with Gasteiger partial charge in [-0.3, -0.25) is 19.2 Å².